The summed E-state index contributed by atoms with van der Waals surface area (Å²) < 4.78 is 15.4. The zero-order valence-corrected chi connectivity index (χ0v) is 21.5. The van der Waals surface area contributed by atoms with E-state index in [-0.39, 0.29) is 5.91 Å². The van der Waals surface area contributed by atoms with E-state index < -0.39 is 23.6 Å². The average Bonchev–Trinajstić information content (AvgIpc) is 3.35. The minimum atomic E-state index is -0.571. The molecular weight excluding hydrogens is 507 g/mol. The SMILES string of the molecule is C/C(=C\O)N1CC(C(=O)Nc2ccc(Cl)cc2)C(c2ccc(/C=C/C(=O)Nc3ccccc3N)cc2F)C1. The van der Waals surface area contributed by atoms with Gasteiger partial charge >= 0.3 is 0 Å². The molecule has 3 aromatic rings. The van der Waals surface area contributed by atoms with Gasteiger partial charge in [0.15, 0.2) is 0 Å². The molecule has 5 N–H and O–H groups in total. The van der Waals surface area contributed by atoms with Crippen molar-refractivity contribution >= 4 is 46.6 Å². The van der Waals surface area contributed by atoms with Crippen molar-refractivity contribution < 1.29 is 19.1 Å². The Labute approximate surface area is 225 Å². The molecule has 1 aliphatic rings. The Hall–Kier alpha value is -4.30. The highest BCUT2D eigenvalue weighted by Crippen LogP contribution is 2.37. The summed E-state index contributed by atoms with van der Waals surface area (Å²) in [6, 6.07) is 18.3. The van der Waals surface area contributed by atoms with E-state index >= 15 is 4.39 Å². The third-order valence-electron chi connectivity index (χ3n) is 6.52. The Kier molecular flexibility index (Phi) is 8.33. The van der Waals surface area contributed by atoms with Crippen LogP contribution in [0.15, 0.2) is 84.8 Å². The van der Waals surface area contributed by atoms with Crippen LogP contribution < -0.4 is 16.4 Å². The van der Waals surface area contributed by atoms with Gasteiger partial charge in [0, 0.05) is 41.5 Å². The summed E-state index contributed by atoms with van der Waals surface area (Å²) in [7, 11) is 0. The summed E-state index contributed by atoms with van der Waals surface area (Å²) in [5.74, 6) is -2.17. The lowest BCUT2D eigenvalue weighted by atomic mass is 9.87. The molecule has 3 aromatic carbocycles. The summed E-state index contributed by atoms with van der Waals surface area (Å²) in [5, 5.41) is 15.6. The summed E-state index contributed by atoms with van der Waals surface area (Å²) in [6.45, 7) is 2.40. The lowest BCUT2D eigenvalue weighted by Gasteiger charge is -2.19. The van der Waals surface area contributed by atoms with Crippen molar-refractivity contribution in [1.29, 1.82) is 0 Å². The third kappa shape index (κ3) is 6.33. The fourth-order valence-corrected chi connectivity index (χ4v) is 4.55. The summed E-state index contributed by atoms with van der Waals surface area (Å²) in [6.07, 6.45) is 3.79. The standard InChI is InChI=1S/C29H28ClFN4O3/c1-18(17-36)35-15-23(24(16-35)29(38)33-21-10-8-20(30)9-11-21)22-12-6-19(14-25(22)31)7-13-28(37)34-27-5-3-2-4-26(27)32/h2-14,17,23-24,36H,15-16,32H2,1H3,(H,33,38)(H,34,37)/b13-7+,18-17+. The number of benzene rings is 3. The molecule has 1 aliphatic heterocycles. The number of halogens is 2. The topological polar surface area (TPSA) is 108 Å². The third-order valence-corrected chi connectivity index (χ3v) is 6.78. The van der Waals surface area contributed by atoms with Crippen LogP contribution in [0.3, 0.4) is 0 Å². The van der Waals surface area contributed by atoms with Crippen molar-refractivity contribution in [2.45, 2.75) is 12.8 Å². The van der Waals surface area contributed by atoms with Crippen molar-refractivity contribution in [3.05, 3.63) is 107 Å². The highest BCUT2D eigenvalue weighted by atomic mass is 35.5. The number of likely N-dealkylation sites (tertiary alicyclic amines) is 1. The van der Waals surface area contributed by atoms with Gasteiger partial charge in [0.25, 0.3) is 0 Å². The molecule has 2 unspecified atom stereocenters. The molecule has 0 spiro atoms. The molecule has 2 amide bonds. The van der Waals surface area contributed by atoms with E-state index in [2.05, 4.69) is 10.6 Å². The van der Waals surface area contributed by atoms with Crippen LogP contribution in [0.2, 0.25) is 5.02 Å². The van der Waals surface area contributed by atoms with Gasteiger partial charge in [-0.2, -0.15) is 0 Å². The van der Waals surface area contributed by atoms with Crippen LogP contribution >= 0.6 is 11.6 Å². The molecule has 0 aromatic heterocycles. The first-order valence-electron chi connectivity index (χ1n) is 12.0. The second-order valence-electron chi connectivity index (χ2n) is 9.08. The fraction of sp³-hybridized carbons (Fsp3) is 0.172. The number of hydrogen-bond acceptors (Lipinski definition) is 5. The van der Waals surface area contributed by atoms with Gasteiger partial charge in [-0.3, -0.25) is 9.59 Å². The number of nitrogens with two attached hydrogens (primary N) is 1. The van der Waals surface area contributed by atoms with Gasteiger partial charge in [0.1, 0.15) is 5.82 Å². The minimum absolute atomic E-state index is 0.259. The van der Waals surface area contributed by atoms with E-state index in [4.69, 9.17) is 17.3 Å². The van der Waals surface area contributed by atoms with Gasteiger partial charge in [-0.15, -0.1) is 0 Å². The number of carbonyl (C=O) groups is 2. The second-order valence-corrected chi connectivity index (χ2v) is 9.51. The molecular formula is C29H28ClFN4O3. The highest BCUT2D eigenvalue weighted by Gasteiger charge is 2.40. The largest absolute Gasteiger partial charge is 0.514 e. The molecule has 1 fully saturated rings. The smallest absolute Gasteiger partial charge is 0.248 e. The fourth-order valence-electron chi connectivity index (χ4n) is 4.43. The van der Waals surface area contributed by atoms with Crippen molar-refractivity contribution in [2.24, 2.45) is 5.92 Å². The monoisotopic (exact) mass is 534 g/mol. The van der Waals surface area contributed by atoms with Crippen LogP contribution in [0.4, 0.5) is 21.5 Å². The van der Waals surface area contributed by atoms with Gasteiger partial charge in [0.05, 0.1) is 23.6 Å². The molecule has 0 saturated carbocycles. The van der Waals surface area contributed by atoms with Crippen molar-refractivity contribution in [3.8, 4) is 0 Å². The molecule has 196 valence electrons. The molecule has 4 rings (SSSR count). The number of rotatable bonds is 7. The van der Waals surface area contributed by atoms with E-state index in [0.717, 1.165) is 6.26 Å². The Balaban J connectivity index is 1.52. The summed E-state index contributed by atoms with van der Waals surface area (Å²) in [4.78, 5) is 27.4. The van der Waals surface area contributed by atoms with Crippen molar-refractivity contribution in [3.63, 3.8) is 0 Å². The number of para-hydroxylation sites is 2. The Morgan fingerprint density at radius 3 is 2.50 bits per heavy atom. The maximum atomic E-state index is 15.4. The predicted octanol–water partition coefficient (Wildman–Crippen LogP) is 5.79. The minimum Gasteiger partial charge on any atom is -0.514 e. The zero-order valence-electron chi connectivity index (χ0n) is 20.7. The summed E-state index contributed by atoms with van der Waals surface area (Å²) in [5.41, 5.74) is 8.82. The maximum Gasteiger partial charge on any atom is 0.248 e. The average molecular weight is 535 g/mol. The number of aliphatic hydroxyl groups excluding tert-OH is 1. The zero-order chi connectivity index (χ0) is 27.2. The second kappa shape index (κ2) is 11.8. The normalized spacial score (nSPS) is 17.6. The number of nitrogen functional groups attached to an aromatic ring is 1. The van der Waals surface area contributed by atoms with Gasteiger partial charge in [-0.1, -0.05) is 35.9 Å². The van der Waals surface area contributed by atoms with E-state index in [1.807, 2.05) is 4.90 Å². The molecule has 7 nitrogen and oxygen atoms in total. The first-order valence-corrected chi connectivity index (χ1v) is 12.4. The van der Waals surface area contributed by atoms with Crippen LogP contribution in [-0.4, -0.2) is 34.9 Å². The van der Waals surface area contributed by atoms with Crippen LogP contribution in [-0.2, 0) is 9.59 Å². The van der Waals surface area contributed by atoms with Gasteiger partial charge < -0.3 is 26.4 Å². The number of nitrogens with zero attached hydrogens (tertiary/aromatic N) is 1. The molecule has 0 aliphatic carbocycles. The maximum absolute atomic E-state index is 15.4. The lowest BCUT2D eigenvalue weighted by Crippen LogP contribution is -2.28. The molecule has 1 heterocycles. The Morgan fingerprint density at radius 1 is 1.08 bits per heavy atom. The Bertz CT molecular complexity index is 1390. The molecule has 2 atom stereocenters. The van der Waals surface area contributed by atoms with E-state index in [1.54, 1.807) is 67.6 Å². The van der Waals surface area contributed by atoms with Crippen molar-refractivity contribution in [2.75, 3.05) is 29.5 Å². The number of allylic oxidation sites excluding steroid dienone is 1. The number of anilines is 3. The quantitative estimate of drug-likeness (QED) is 0.174. The molecule has 0 bridgehead atoms. The number of nitrogens with one attached hydrogen (secondary N) is 2. The number of hydrogen-bond donors (Lipinski definition) is 4. The predicted molar refractivity (Wildman–Crippen MR) is 149 cm³/mol. The number of aliphatic hydroxyl groups is 1. The van der Waals surface area contributed by atoms with E-state index in [0.29, 0.717) is 52.0 Å². The first kappa shape index (κ1) is 26.8. The molecule has 1 saturated heterocycles. The summed E-state index contributed by atoms with van der Waals surface area (Å²) >= 11 is 5.94. The number of amides is 2. The molecule has 0 radical (unpaired) electrons. The number of carbonyl (C=O) groups excluding carboxylic acids is 2. The van der Waals surface area contributed by atoms with Crippen molar-refractivity contribution in [1.82, 2.24) is 4.90 Å². The van der Waals surface area contributed by atoms with Crippen LogP contribution in [0.25, 0.3) is 6.08 Å². The lowest BCUT2D eigenvalue weighted by molar-refractivity contribution is -0.119. The highest BCUT2D eigenvalue weighted by molar-refractivity contribution is 6.30. The molecule has 9 heteroatoms. The van der Waals surface area contributed by atoms with Crippen LogP contribution in [0.1, 0.15) is 24.0 Å². The van der Waals surface area contributed by atoms with E-state index in [9.17, 15) is 14.7 Å². The first-order chi connectivity index (χ1) is 18.2. The van der Waals surface area contributed by atoms with E-state index in [1.165, 1.54) is 18.2 Å². The van der Waals surface area contributed by atoms with Gasteiger partial charge in [-0.05, 0) is 66.6 Å². The Morgan fingerprint density at radius 2 is 1.82 bits per heavy atom. The van der Waals surface area contributed by atoms with Crippen LogP contribution in [0, 0.1) is 11.7 Å². The van der Waals surface area contributed by atoms with Gasteiger partial charge in [0.2, 0.25) is 11.8 Å². The van der Waals surface area contributed by atoms with Gasteiger partial charge in [-0.25, -0.2) is 4.39 Å². The molecule has 38 heavy (non-hydrogen) atoms. The van der Waals surface area contributed by atoms with Crippen LogP contribution in [0.5, 0.6) is 0 Å².